The third-order valence-electron chi connectivity index (χ3n) is 2.63. The van der Waals surface area contributed by atoms with E-state index in [1.165, 1.54) is 0 Å². The minimum absolute atomic E-state index is 0.0160. The molecule has 0 aromatic carbocycles. The quantitative estimate of drug-likeness (QED) is 0.457. The minimum atomic E-state index is -1.16. The molecule has 14 heavy (non-hydrogen) atoms. The number of hydrogen-bond acceptors (Lipinski definition) is 4. The van der Waals surface area contributed by atoms with Crippen molar-refractivity contribution in [2.45, 2.75) is 43.9 Å². The van der Waals surface area contributed by atoms with E-state index < -0.39 is 12.0 Å². The van der Waals surface area contributed by atoms with Crippen molar-refractivity contribution in [2.24, 2.45) is 5.73 Å². The zero-order valence-electron chi connectivity index (χ0n) is 8.15. The lowest BCUT2D eigenvalue weighted by atomic mass is 9.92. The van der Waals surface area contributed by atoms with E-state index in [2.05, 4.69) is 5.32 Å². The van der Waals surface area contributed by atoms with Crippen molar-refractivity contribution < 1.29 is 15.0 Å². The lowest BCUT2D eigenvalue weighted by Gasteiger charge is -2.28. The van der Waals surface area contributed by atoms with Crippen LogP contribution in [-0.4, -0.2) is 40.9 Å². The molecular weight excluding hydrogens is 184 g/mol. The number of carbonyl (C=O) groups excluding carboxylic acids is 1. The average Bonchev–Trinajstić information content (AvgIpc) is 2.16. The molecule has 0 bridgehead atoms. The van der Waals surface area contributed by atoms with Gasteiger partial charge in [-0.3, -0.25) is 4.79 Å². The van der Waals surface area contributed by atoms with Crippen LogP contribution in [0.25, 0.3) is 0 Å². The average molecular weight is 202 g/mol. The van der Waals surface area contributed by atoms with Gasteiger partial charge in [-0.1, -0.05) is 12.8 Å². The number of nitrogens with two attached hydrogens (primary N) is 1. The molecule has 82 valence electrons. The summed E-state index contributed by atoms with van der Waals surface area (Å²) in [4.78, 5) is 10.5. The Balaban J connectivity index is 2.25. The summed E-state index contributed by atoms with van der Waals surface area (Å²) < 4.78 is 0. The number of amides is 1. The van der Waals surface area contributed by atoms with Gasteiger partial charge in [0.25, 0.3) is 0 Å². The summed E-state index contributed by atoms with van der Waals surface area (Å²) in [5.41, 5.74) is 4.89. The summed E-state index contributed by atoms with van der Waals surface area (Å²) in [5.74, 6) is -0.734. The van der Waals surface area contributed by atoms with E-state index in [4.69, 9.17) is 10.8 Å². The maximum atomic E-state index is 10.5. The third-order valence-corrected chi connectivity index (χ3v) is 2.63. The first kappa shape index (κ1) is 11.4. The highest BCUT2D eigenvalue weighted by Gasteiger charge is 2.23. The Hall–Kier alpha value is -0.650. The van der Waals surface area contributed by atoms with E-state index in [1.54, 1.807) is 0 Å². The summed E-state index contributed by atoms with van der Waals surface area (Å²) in [6.07, 6.45) is 2.24. The molecule has 5 N–H and O–H groups in total. The van der Waals surface area contributed by atoms with Crippen molar-refractivity contribution >= 4 is 5.91 Å². The molecule has 1 aliphatic carbocycles. The fourth-order valence-electron chi connectivity index (χ4n) is 1.71. The van der Waals surface area contributed by atoms with E-state index in [-0.39, 0.29) is 18.7 Å². The molecule has 0 saturated heterocycles. The molecule has 1 aliphatic rings. The minimum Gasteiger partial charge on any atom is -0.392 e. The van der Waals surface area contributed by atoms with Crippen LogP contribution in [-0.2, 0) is 4.79 Å². The molecule has 0 radical (unpaired) electrons. The second-order valence-corrected chi connectivity index (χ2v) is 3.78. The van der Waals surface area contributed by atoms with Gasteiger partial charge in [0.1, 0.15) is 6.10 Å². The summed E-state index contributed by atoms with van der Waals surface area (Å²) in [6.45, 7) is 0.122. The van der Waals surface area contributed by atoms with Gasteiger partial charge in [-0.05, 0) is 12.8 Å². The number of carbonyl (C=O) groups is 1. The molecule has 5 heteroatoms. The number of primary amides is 1. The van der Waals surface area contributed by atoms with Crippen LogP contribution in [0.1, 0.15) is 25.7 Å². The topological polar surface area (TPSA) is 95.6 Å². The van der Waals surface area contributed by atoms with E-state index in [0.717, 1.165) is 25.7 Å². The lowest BCUT2D eigenvalue weighted by Crippen LogP contribution is -2.47. The molecule has 1 rings (SSSR count). The van der Waals surface area contributed by atoms with Crippen molar-refractivity contribution in [3.8, 4) is 0 Å². The van der Waals surface area contributed by atoms with Gasteiger partial charge in [-0.25, -0.2) is 0 Å². The molecule has 0 aliphatic heterocycles. The van der Waals surface area contributed by atoms with Crippen LogP contribution < -0.4 is 11.1 Å². The summed E-state index contributed by atoms with van der Waals surface area (Å²) >= 11 is 0. The fourth-order valence-corrected chi connectivity index (χ4v) is 1.71. The molecule has 0 aromatic rings. The summed E-state index contributed by atoms with van der Waals surface area (Å²) in [7, 11) is 0. The van der Waals surface area contributed by atoms with Gasteiger partial charge in [0.05, 0.1) is 6.10 Å². The maximum Gasteiger partial charge on any atom is 0.247 e. The smallest absolute Gasteiger partial charge is 0.247 e. The Morgan fingerprint density at radius 3 is 2.71 bits per heavy atom. The molecule has 1 fully saturated rings. The largest absolute Gasteiger partial charge is 0.392 e. The Morgan fingerprint density at radius 1 is 1.50 bits per heavy atom. The van der Waals surface area contributed by atoms with Crippen LogP contribution in [0, 0.1) is 0 Å². The third kappa shape index (κ3) is 3.25. The zero-order chi connectivity index (χ0) is 10.6. The molecule has 0 spiro atoms. The van der Waals surface area contributed by atoms with Gasteiger partial charge < -0.3 is 21.3 Å². The molecule has 3 atom stereocenters. The standard InChI is InChI=1S/C9H18N2O3/c10-9(14)8(13)5-11-6-3-1-2-4-7(6)12/h6-8,11-13H,1-5H2,(H2,10,14)/t6-,7-,8?/m0/s1. The fraction of sp³-hybridized carbons (Fsp3) is 0.889. The molecule has 1 amide bonds. The second kappa shape index (κ2) is 5.29. The van der Waals surface area contributed by atoms with E-state index in [1.807, 2.05) is 0 Å². The van der Waals surface area contributed by atoms with Crippen LogP contribution in [0.15, 0.2) is 0 Å². The lowest BCUT2D eigenvalue weighted by molar-refractivity contribution is -0.125. The number of rotatable bonds is 4. The molecular formula is C9H18N2O3. The van der Waals surface area contributed by atoms with Crippen LogP contribution >= 0.6 is 0 Å². The normalized spacial score (nSPS) is 29.9. The Bertz CT molecular complexity index is 198. The van der Waals surface area contributed by atoms with Crippen LogP contribution in [0.5, 0.6) is 0 Å². The van der Waals surface area contributed by atoms with Gasteiger partial charge in [0.15, 0.2) is 0 Å². The molecule has 0 heterocycles. The first-order chi connectivity index (χ1) is 6.61. The first-order valence-electron chi connectivity index (χ1n) is 5.00. The van der Waals surface area contributed by atoms with E-state index >= 15 is 0 Å². The number of nitrogens with one attached hydrogen (secondary N) is 1. The number of aliphatic hydroxyl groups is 2. The Labute approximate surface area is 83.3 Å². The highest BCUT2D eigenvalue weighted by molar-refractivity contribution is 5.78. The van der Waals surface area contributed by atoms with E-state index in [0.29, 0.717) is 0 Å². The molecule has 1 saturated carbocycles. The Morgan fingerprint density at radius 2 is 2.14 bits per heavy atom. The maximum absolute atomic E-state index is 10.5. The van der Waals surface area contributed by atoms with Gasteiger partial charge in [-0.2, -0.15) is 0 Å². The summed E-state index contributed by atoms with van der Waals surface area (Å²) in [6, 6.07) is -0.0160. The molecule has 5 nitrogen and oxygen atoms in total. The van der Waals surface area contributed by atoms with Gasteiger partial charge in [0, 0.05) is 12.6 Å². The second-order valence-electron chi connectivity index (χ2n) is 3.78. The predicted octanol–water partition coefficient (Wildman–Crippen LogP) is -1.27. The van der Waals surface area contributed by atoms with Gasteiger partial charge >= 0.3 is 0 Å². The SMILES string of the molecule is NC(=O)C(O)CN[C@H]1CCCC[C@@H]1O. The van der Waals surface area contributed by atoms with Crippen molar-refractivity contribution in [3.63, 3.8) is 0 Å². The number of aliphatic hydroxyl groups excluding tert-OH is 2. The predicted molar refractivity (Wildman–Crippen MR) is 51.5 cm³/mol. The van der Waals surface area contributed by atoms with Gasteiger partial charge in [-0.15, -0.1) is 0 Å². The van der Waals surface area contributed by atoms with Gasteiger partial charge in [0.2, 0.25) is 5.91 Å². The molecule has 0 aromatic heterocycles. The summed E-state index contributed by atoms with van der Waals surface area (Å²) in [5, 5.41) is 21.6. The van der Waals surface area contributed by atoms with Crippen molar-refractivity contribution in [3.05, 3.63) is 0 Å². The van der Waals surface area contributed by atoms with Crippen molar-refractivity contribution in [1.82, 2.24) is 5.32 Å². The monoisotopic (exact) mass is 202 g/mol. The Kier molecular flexibility index (Phi) is 4.31. The number of hydrogen-bond donors (Lipinski definition) is 4. The highest BCUT2D eigenvalue weighted by atomic mass is 16.3. The van der Waals surface area contributed by atoms with Crippen molar-refractivity contribution in [1.29, 1.82) is 0 Å². The van der Waals surface area contributed by atoms with Crippen LogP contribution in [0.3, 0.4) is 0 Å². The van der Waals surface area contributed by atoms with Crippen molar-refractivity contribution in [2.75, 3.05) is 6.54 Å². The van der Waals surface area contributed by atoms with E-state index in [9.17, 15) is 9.90 Å². The first-order valence-corrected chi connectivity index (χ1v) is 5.00. The zero-order valence-corrected chi connectivity index (χ0v) is 8.15. The molecule has 1 unspecified atom stereocenters. The highest BCUT2D eigenvalue weighted by Crippen LogP contribution is 2.18. The van der Waals surface area contributed by atoms with Crippen LogP contribution in [0.4, 0.5) is 0 Å². The van der Waals surface area contributed by atoms with Crippen LogP contribution in [0.2, 0.25) is 0 Å².